The number of aliphatic carboxylic acids is 1. The fraction of sp³-hybridized carbons (Fsp3) is 0.500. The summed E-state index contributed by atoms with van der Waals surface area (Å²) in [4.78, 5) is 18.2. The van der Waals surface area contributed by atoms with Gasteiger partial charge in [-0.15, -0.1) is 0 Å². The number of carboxylic acid groups (broad SMARTS) is 1. The third kappa shape index (κ3) is 5.40. The van der Waals surface area contributed by atoms with Crippen LogP contribution in [-0.4, -0.2) is 38.4 Å². The Hall–Kier alpha value is -1.94. The average molecular weight is 626 g/mol. The minimum atomic E-state index is -3.74. The van der Waals surface area contributed by atoms with Crippen LogP contribution in [0.4, 0.5) is 0 Å². The van der Waals surface area contributed by atoms with E-state index in [4.69, 9.17) is 16.4 Å². The van der Waals surface area contributed by atoms with Gasteiger partial charge in [0.15, 0.2) is 0 Å². The molecule has 2 aromatic carbocycles. The Morgan fingerprint density at radius 1 is 1.26 bits per heavy atom. The van der Waals surface area contributed by atoms with Crippen molar-refractivity contribution in [3.05, 3.63) is 62.6 Å². The van der Waals surface area contributed by atoms with Crippen molar-refractivity contribution in [3.63, 3.8) is 0 Å². The Morgan fingerprint density at radius 3 is 2.66 bits per heavy atom. The number of nitrogens with zero attached hydrogens (tertiary/aromatic N) is 1. The molecule has 0 amide bonds. The van der Waals surface area contributed by atoms with E-state index >= 15 is 0 Å². The first-order chi connectivity index (χ1) is 17.8. The molecule has 206 valence electrons. The minimum Gasteiger partial charge on any atom is -0.481 e. The zero-order valence-electron chi connectivity index (χ0n) is 22.1. The molecule has 0 unspecified atom stereocenters. The van der Waals surface area contributed by atoms with E-state index in [1.54, 1.807) is 12.1 Å². The normalized spacial score (nSPS) is 26.2. The van der Waals surface area contributed by atoms with Crippen LogP contribution in [0.3, 0.4) is 0 Å². The highest BCUT2D eigenvalue weighted by Gasteiger charge is 2.56. The Morgan fingerprint density at radius 2 is 2.00 bits per heavy atom. The molecule has 3 atom stereocenters. The summed E-state index contributed by atoms with van der Waals surface area (Å²) in [6, 6.07) is 10.3. The summed E-state index contributed by atoms with van der Waals surface area (Å²) < 4.78 is 28.6. The second-order valence-corrected chi connectivity index (χ2v) is 14.1. The van der Waals surface area contributed by atoms with Gasteiger partial charge in [-0.3, -0.25) is 4.79 Å². The van der Waals surface area contributed by atoms with Crippen LogP contribution in [-0.2, 0) is 25.1 Å². The second kappa shape index (κ2) is 10.9. The van der Waals surface area contributed by atoms with Crippen LogP contribution >= 0.6 is 27.5 Å². The molecule has 1 saturated carbocycles. The van der Waals surface area contributed by atoms with Gasteiger partial charge in [0.05, 0.1) is 16.0 Å². The number of fused-ring (bicyclic) bond motifs is 3. The maximum atomic E-state index is 12.6. The Bertz CT molecular complexity index is 1380. The summed E-state index contributed by atoms with van der Waals surface area (Å²) in [6.45, 7) is 8.32. The Balaban J connectivity index is 1.62. The van der Waals surface area contributed by atoms with E-state index in [0.717, 1.165) is 34.0 Å². The molecular weight excluding hydrogens is 592 g/mol. The molecule has 2 N–H and O–H groups in total. The van der Waals surface area contributed by atoms with E-state index in [0.29, 0.717) is 23.6 Å². The number of rotatable bonds is 8. The lowest BCUT2D eigenvalue weighted by Crippen LogP contribution is -2.53. The molecular formula is C28H34BrClN2O5S. The van der Waals surface area contributed by atoms with Crippen LogP contribution in [0, 0.1) is 11.3 Å². The van der Waals surface area contributed by atoms with Crippen molar-refractivity contribution in [1.82, 2.24) is 4.72 Å². The highest BCUT2D eigenvalue weighted by molar-refractivity contribution is 9.10. The minimum absolute atomic E-state index is 0.0179. The maximum absolute atomic E-state index is 12.6. The van der Waals surface area contributed by atoms with Crippen molar-refractivity contribution in [2.75, 3.05) is 13.2 Å². The molecule has 1 fully saturated rings. The molecule has 0 aromatic heterocycles. The number of benzene rings is 2. The first kappa shape index (κ1) is 29.1. The molecule has 0 saturated heterocycles. The molecule has 10 heteroatoms. The summed E-state index contributed by atoms with van der Waals surface area (Å²) in [6.07, 6.45) is 2.83. The monoisotopic (exact) mass is 624 g/mol. The largest absolute Gasteiger partial charge is 0.481 e. The first-order valence-electron chi connectivity index (χ1n) is 12.8. The van der Waals surface area contributed by atoms with Crippen LogP contribution in [0.5, 0.6) is 0 Å². The van der Waals surface area contributed by atoms with Gasteiger partial charge in [-0.25, -0.2) is 13.1 Å². The number of hydrogen-bond donors (Lipinski definition) is 2. The quantitative estimate of drug-likeness (QED) is 0.258. The molecule has 7 nitrogen and oxygen atoms in total. The summed E-state index contributed by atoms with van der Waals surface area (Å²) in [5, 5.41) is 15.0. The summed E-state index contributed by atoms with van der Waals surface area (Å²) >= 11 is 9.67. The van der Waals surface area contributed by atoms with Crippen LogP contribution in [0.15, 0.2) is 50.9 Å². The van der Waals surface area contributed by atoms with Crippen LogP contribution in [0.25, 0.3) is 0 Å². The molecule has 38 heavy (non-hydrogen) atoms. The number of carboxylic acids is 1. The smallest absolute Gasteiger partial charge is 0.309 e. The summed E-state index contributed by atoms with van der Waals surface area (Å²) in [7, 11) is -3.74. The number of carbonyl (C=O) groups is 1. The molecule has 4 rings (SSSR count). The molecule has 2 aliphatic rings. The van der Waals surface area contributed by atoms with Crippen molar-refractivity contribution in [2.24, 2.45) is 16.5 Å². The number of hydrogen-bond acceptors (Lipinski definition) is 5. The van der Waals surface area contributed by atoms with Crippen molar-refractivity contribution in [1.29, 1.82) is 0 Å². The summed E-state index contributed by atoms with van der Waals surface area (Å²) in [5.41, 5.74) is 2.70. The highest BCUT2D eigenvalue weighted by atomic mass is 79.9. The van der Waals surface area contributed by atoms with Gasteiger partial charge >= 0.3 is 5.97 Å². The molecule has 2 aliphatic carbocycles. The van der Waals surface area contributed by atoms with E-state index in [1.807, 2.05) is 6.92 Å². The zero-order valence-corrected chi connectivity index (χ0v) is 25.2. The number of halogens is 2. The van der Waals surface area contributed by atoms with Gasteiger partial charge in [-0.2, -0.15) is 0 Å². The lowest BCUT2D eigenvalue weighted by Gasteiger charge is -2.53. The standard InChI is InChI=1S/C28H34BrClN2O5S/c1-17(2)20-14-21-22(15-23(20)29)27(3)9-6-10-28(4,26(33)34)25(27)16-24(21)32-37-12-11-31-38(35,36)19-8-5-7-18(30)13-19/h5,7-8,13-15,17,25,31H,6,9-12,16H2,1-4H3,(H,33,34)/b32-24+/t25-,27-,28-/m1/s1. The average Bonchev–Trinajstić information content (AvgIpc) is 2.84. The van der Waals surface area contributed by atoms with E-state index in [-0.39, 0.29) is 35.3 Å². The number of sulfonamides is 1. The second-order valence-electron chi connectivity index (χ2n) is 11.1. The lowest BCUT2D eigenvalue weighted by molar-refractivity contribution is -0.156. The molecule has 0 aliphatic heterocycles. The van der Waals surface area contributed by atoms with Gasteiger partial charge in [0.2, 0.25) is 10.0 Å². The SMILES string of the molecule is CC(C)c1cc2c(cc1Br)[C@@]1(C)CCC[C@@](C)(C(=O)O)[C@@H]1C/C2=N\OCCNS(=O)(=O)c1cccc(Cl)c1. The van der Waals surface area contributed by atoms with Crippen molar-refractivity contribution in [2.45, 2.75) is 69.6 Å². The van der Waals surface area contributed by atoms with Gasteiger partial charge in [-0.05, 0) is 84.9 Å². The molecule has 0 spiro atoms. The molecule has 0 radical (unpaired) electrons. The van der Waals surface area contributed by atoms with Crippen LogP contribution < -0.4 is 4.72 Å². The fourth-order valence-electron chi connectivity index (χ4n) is 6.10. The maximum Gasteiger partial charge on any atom is 0.309 e. The van der Waals surface area contributed by atoms with Gasteiger partial charge < -0.3 is 9.94 Å². The highest BCUT2D eigenvalue weighted by Crippen LogP contribution is 2.58. The van der Waals surface area contributed by atoms with E-state index in [2.05, 4.69) is 58.7 Å². The van der Waals surface area contributed by atoms with E-state index in [9.17, 15) is 18.3 Å². The Kier molecular flexibility index (Phi) is 8.34. The third-order valence-corrected chi connectivity index (χ3v) is 10.6. The fourth-order valence-corrected chi connectivity index (χ4v) is 8.21. The van der Waals surface area contributed by atoms with Gasteiger partial charge in [-0.1, -0.05) is 65.9 Å². The van der Waals surface area contributed by atoms with E-state index in [1.165, 1.54) is 12.1 Å². The van der Waals surface area contributed by atoms with Gasteiger partial charge in [0.25, 0.3) is 0 Å². The van der Waals surface area contributed by atoms with Crippen molar-refractivity contribution in [3.8, 4) is 0 Å². The van der Waals surface area contributed by atoms with Crippen molar-refractivity contribution >= 4 is 49.2 Å². The first-order valence-corrected chi connectivity index (χ1v) is 15.5. The molecule has 0 heterocycles. The lowest BCUT2D eigenvalue weighted by atomic mass is 9.49. The van der Waals surface area contributed by atoms with Gasteiger partial charge in [0.1, 0.15) is 6.61 Å². The van der Waals surface area contributed by atoms with Gasteiger partial charge in [0, 0.05) is 21.6 Å². The Labute approximate surface area is 238 Å². The predicted molar refractivity (Wildman–Crippen MR) is 152 cm³/mol. The molecule has 0 bridgehead atoms. The van der Waals surface area contributed by atoms with Crippen LogP contribution in [0.1, 0.15) is 76.0 Å². The van der Waals surface area contributed by atoms with E-state index < -0.39 is 21.4 Å². The predicted octanol–water partition coefficient (Wildman–Crippen LogP) is 6.48. The number of nitrogens with one attached hydrogen (secondary N) is 1. The summed E-state index contributed by atoms with van der Waals surface area (Å²) in [5.74, 6) is -0.668. The van der Waals surface area contributed by atoms with Crippen LogP contribution in [0.2, 0.25) is 5.02 Å². The number of oxime groups is 1. The zero-order chi connectivity index (χ0) is 27.9. The topological polar surface area (TPSA) is 105 Å². The van der Waals surface area contributed by atoms with Crippen molar-refractivity contribution < 1.29 is 23.2 Å². The molecule has 2 aromatic rings. The third-order valence-electron chi connectivity index (χ3n) is 8.27.